The molecule has 0 fully saturated rings. The monoisotopic (exact) mass is 259 g/mol. The van der Waals surface area contributed by atoms with E-state index in [0.717, 1.165) is 20.6 Å². The van der Waals surface area contributed by atoms with Crippen LogP contribution in [0.4, 0.5) is 0 Å². The average molecular weight is 260 g/mol. The number of rotatable bonds is 4. The molecule has 0 bridgehead atoms. The summed E-state index contributed by atoms with van der Waals surface area (Å²) < 4.78 is 0.721. The first-order chi connectivity index (χ1) is 7.25. The van der Waals surface area contributed by atoms with Crippen LogP contribution in [0.5, 0.6) is 0 Å². The summed E-state index contributed by atoms with van der Waals surface area (Å²) in [6.07, 6.45) is 2.87. The minimum atomic E-state index is -0.425. The second-order valence-electron chi connectivity index (χ2n) is 3.12. The summed E-state index contributed by atoms with van der Waals surface area (Å²) in [6.45, 7) is 0. The maximum absolute atomic E-state index is 9.86. The van der Waals surface area contributed by atoms with Crippen molar-refractivity contribution >= 4 is 34.3 Å². The van der Waals surface area contributed by atoms with Gasteiger partial charge in [0.15, 0.2) is 0 Å². The minimum absolute atomic E-state index is 0.425. The van der Waals surface area contributed by atoms with Crippen LogP contribution in [-0.2, 0) is 6.42 Å². The fourth-order valence-corrected chi connectivity index (χ4v) is 3.00. The van der Waals surface area contributed by atoms with Crippen LogP contribution in [0, 0.1) is 0 Å². The lowest BCUT2D eigenvalue weighted by Gasteiger charge is -2.06. The summed E-state index contributed by atoms with van der Waals surface area (Å²) >= 11 is 8.85. The standard InChI is InChI=1S/C10H10ClNOS2/c11-9-3-2-8(15-9)7(13)1-4-10-12-5-6-14-10/h2-3,5-7,13H,1,4H2. The summed E-state index contributed by atoms with van der Waals surface area (Å²) in [5, 5.41) is 12.9. The summed E-state index contributed by atoms with van der Waals surface area (Å²) in [4.78, 5) is 5.10. The zero-order chi connectivity index (χ0) is 10.7. The molecule has 0 radical (unpaired) electrons. The molecular weight excluding hydrogens is 250 g/mol. The lowest BCUT2D eigenvalue weighted by molar-refractivity contribution is 0.171. The van der Waals surface area contributed by atoms with Crippen molar-refractivity contribution in [1.29, 1.82) is 0 Å². The molecule has 0 aliphatic carbocycles. The van der Waals surface area contributed by atoms with Gasteiger partial charge >= 0.3 is 0 Å². The SMILES string of the molecule is OC(CCc1nccs1)c1ccc(Cl)s1. The third-order valence-corrected chi connectivity index (χ3v) is 4.21. The van der Waals surface area contributed by atoms with Crippen LogP contribution < -0.4 is 0 Å². The first-order valence-corrected chi connectivity index (χ1v) is 6.65. The number of aliphatic hydroxyl groups is 1. The van der Waals surface area contributed by atoms with Crippen LogP contribution >= 0.6 is 34.3 Å². The highest BCUT2D eigenvalue weighted by Crippen LogP contribution is 2.29. The van der Waals surface area contributed by atoms with E-state index < -0.39 is 6.10 Å². The van der Waals surface area contributed by atoms with Crippen molar-refractivity contribution in [1.82, 2.24) is 4.98 Å². The molecule has 2 aromatic rings. The zero-order valence-electron chi connectivity index (χ0n) is 7.89. The van der Waals surface area contributed by atoms with Gasteiger partial charge in [0.05, 0.1) is 15.4 Å². The molecule has 0 aliphatic rings. The molecule has 0 aliphatic heterocycles. The number of aryl methyl sites for hydroxylation is 1. The van der Waals surface area contributed by atoms with E-state index in [-0.39, 0.29) is 0 Å². The molecule has 2 nitrogen and oxygen atoms in total. The molecule has 2 heterocycles. The molecule has 15 heavy (non-hydrogen) atoms. The van der Waals surface area contributed by atoms with Gasteiger partial charge < -0.3 is 5.11 Å². The van der Waals surface area contributed by atoms with Crippen molar-refractivity contribution in [3.8, 4) is 0 Å². The second-order valence-corrected chi connectivity index (χ2v) is 5.85. The first kappa shape index (κ1) is 11.1. The fourth-order valence-electron chi connectivity index (χ4n) is 1.29. The van der Waals surface area contributed by atoms with Gasteiger partial charge in [-0.05, 0) is 18.6 Å². The highest BCUT2D eigenvalue weighted by Gasteiger charge is 2.10. The Morgan fingerprint density at radius 2 is 2.33 bits per heavy atom. The maximum Gasteiger partial charge on any atom is 0.0932 e. The molecule has 1 atom stereocenters. The smallest absolute Gasteiger partial charge is 0.0932 e. The van der Waals surface area contributed by atoms with E-state index in [2.05, 4.69) is 4.98 Å². The third kappa shape index (κ3) is 3.01. The van der Waals surface area contributed by atoms with Crippen LogP contribution in [0.25, 0.3) is 0 Å². The Labute approximate surface area is 101 Å². The van der Waals surface area contributed by atoms with Gasteiger partial charge in [0.1, 0.15) is 0 Å². The fraction of sp³-hybridized carbons (Fsp3) is 0.300. The summed E-state index contributed by atoms with van der Waals surface area (Å²) in [5.41, 5.74) is 0. The van der Waals surface area contributed by atoms with Gasteiger partial charge in [-0.15, -0.1) is 22.7 Å². The number of nitrogens with zero attached hydrogens (tertiary/aromatic N) is 1. The van der Waals surface area contributed by atoms with Crippen molar-refractivity contribution in [3.63, 3.8) is 0 Å². The highest BCUT2D eigenvalue weighted by molar-refractivity contribution is 7.16. The number of aromatic nitrogens is 1. The quantitative estimate of drug-likeness (QED) is 0.911. The van der Waals surface area contributed by atoms with Crippen molar-refractivity contribution in [2.24, 2.45) is 0 Å². The Balaban J connectivity index is 1.90. The topological polar surface area (TPSA) is 33.1 Å². The molecule has 80 valence electrons. The molecule has 0 spiro atoms. The number of thiazole rings is 1. The summed E-state index contributed by atoms with van der Waals surface area (Å²) in [5.74, 6) is 0. The first-order valence-electron chi connectivity index (χ1n) is 4.57. The second kappa shape index (κ2) is 5.07. The van der Waals surface area contributed by atoms with Gasteiger partial charge in [-0.25, -0.2) is 4.98 Å². The van der Waals surface area contributed by atoms with Crippen LogP contribution in [0.15, 0.2) is 23.7 Å². The van der Waals surface area contributed by atoms with E-state index in [0.29, 0.717) is 6.42 Å². The predicted octanol–water partition coefficient (Wildman–Crippen LogP) is 3.52. The number of halogens is 1. The molecule has 2 aromatic heterocycles. The Morgan fingerprint density at radius 1 is 1.47 bits per heavy atom. The Kier molecular flexibility index (Phi) is 3.75. The van der Waals surface area contributed by atoms with Gasteiger partial charge in [0.2, 0.25) is 0 Å². The highest BCUT2D eigenvalue weighted by atomic mass is 35.5. The lowest BCUT2D eigenvalue weighted by Crippen LogP contribution is -1.96. The molecule has 5 heteroatoms. The van der Waals surface area contributed by atoms with E-state index in [4.69, 9.17) is 11.6 Å². The summed E-state index contributed by atoms with van der Waals surface area (Å²) in [6, 6.07) is 3.69. The number of aliphatic hydroxyl groups excluding tert-OH is 1. The van der Waals surface area contributed by atoms with Crippen molar-refractivity contribution in [2.45, 2.75) is 18.9 Å². The Hall–Kier alpha value is -0.420. The van der Waals surface area contributed by atoms with E-state index in [1.807, 2.05) is 17.5 Å². The molecule has 0 amide bonds. The zero-order valence-corrected chi connectivity index (χ0v) is 10.3. The van der Waals surface area contributed by atoms with E-state index >= 15 is 0 Å². The normalized spacial score (nSPS) is 12.9. The van der Waals surface area contributed by atoms with Crippen molar-refractivity contribution < 1.29 is 5.11 Å². The van der Waals surface area contributed by atoms with Crippen molar-refractivity contribution in [3.05, 3.63) is 37.9 Å². The van der Waals surface area contributed by atoms with Gasteiger partial charge in [0.25, 0.3) is 0 Å². The van der Waals surface area contributed by atoms with Gasteiger partial charge in [-0.2, -0.15) is 0 Å². The molecule has 1 unspecified atom stereocenters. The van der Waals surface area contributed by atoms with Crippen LogP contribution in [0.1, 0.15) is 22.4 Å². The average Bonchev–Trinajstić information content (AvgIpc) is 2.84. The van der Waals surface area contributed by atoms with E-state index in [9.17, 15) is 5.11 Å². The Bertz CT molecular complexity index is 413. The molecule has 0 aromatic carbocycles. The van der Waals surface area contributed by atoms with Gasteiger partial charge in [-0.3, -0.25) is 0 Å². The molecular formula is C10H10ClNOS2. The molecule has 2 rings (SSSR count). The molecule has 0 saturated heterocycles. The number of hydrogen-bond donors (Lipinski definition) is 1. The van der Waals surface area contributed by atoms with Gasteiger partial charge in [-0.1, -0.05) is 11.6 Å². The third-order valence-electron chi connectivity index (χ3n) is 2.04. The summed E-state index contributed by atoms with van der Waals surface area (Å²) in [7, 11) is 0. The van der Waals surface area contributed by atoms with E-state index in [1.54, 1.807) is 17.5 Å². The minimum Gasteiger partial charge on any atom is -0.388 e. The van der Waals surface area contributed by atoms with Crippen LogP contribution in [-0.4, -0.2) is 10.1 Å². The van der Waals surface area contributed by atoms with Crippen LogP contribution in [0.2, 0.25) is 4.34 Å². The van der Waals surface area contributed by atoms with Crippen LogP contribution in [0.3, 0.4) is 0 Å². The number of thiophene rings is 1. The van der Waals surface area contributed by atoms with E-state index in [1.165, 1.54) is 11.3 Å². The van der Waals surface area contributed by atoms with Gasteiger partial charge in [0, 0.05) is 22.9 Å². The predicted molar refractivity (Wildman–Crippen MR) is 64.7 cm³/mol. The molecule has 1 N–H and O–H groups in total. The lowest BCUT2D eigenvalue weighted by atomic mass is 10.2. The van der Waals surface area contributed by atoms with Crippen molar-refractivity contribution in [2.75, 3.05) is 0 Å². The maximum atomic E-state index is 9.86. The molecule has 0 saturated carbocycles. The Morgan fingerprint density at radius 3 is 2.93 bits per heavy atom. The number of hydrogen-bond acceptors (Lipinski definition) is 4. The largest absolute Gasteiger partial charge is 0.388 e.